The number of nitrogens with zero attached hydrogens (tertiary/aromatic N) is 2. The van der Waals surface area contributed by atoms with Crippen molar-refractivity contribution >= 4 is 16.5 Å². The highest BCUT2D eigenvalue weighted by atomic mass is 16.5. The molecule has 4 nitrogen and oxygen atoms in total. The van der Waals surface area contributed by atoms with E-state index in [2.05, 4.69) is 4.98 Å². The van der Waals surface area contributed by atoms with Gasteiger partial charge in [0.1, 0.15) is 11.6 Å². The quantitative estimate of drug-likeness (QED) is 0.739. The number of fused-ring (bicyclic) bond motifs is 1. The molecule has 0 atom stereocenters. The van der Waals surface area contributed by atoms with Crippen LogP contribution in [0, 0.1) is 0 Å². The van der Waals surface area contributed by atoms with Gasteiger partial charge in [-0.15, -0.1) is 0 Å². The van der Waals surface area contributed by atoms with Crippen LogP contribution >= 0.6 is 0 Å². The predicted octanol–water partition coefficient (Wildman–Crippen LogP) is 2.78. The first-order valence-corrected chi connectivity index (χ1v) is 6.62. The molecule has 0 aliphatic heterocycles. The molecule has 2 N–H and O–H groups in total. The Kier molecular flexibility index (Phi) is 3.29. The van der Waals surface area contributed by atoms with Crippen LogP contribution in [0.3, 0.4) is 0 Å². The molecule has 0 bridgehead atoms. The van der Waals surface area contributed by atoms with E-state index >= 15 is 0 Å². The first-order valence-electron chi connectivity index (χ1n) is 6.62. The van der Waals surface area contributed by atoms with E-state index < -0.39 is 0 Å². The molecular weight excluding hydrogens is 250 g/mol. The Hall–Kier alpha value is -2.49. The van der Waals surface area contributed by atoms with Crippen molar-refractivity contribution in [1.82, 2.24) is 9.55 Å². The van der Waals surface area contributed by atoms with E-state index in [4.69, 9.17) is 10.5 Å². The number of imidazole rings is 1. The van der Waals surface area contributed by atoms with E-state index in [0.29, 0.717) is 6.61 Å². The number of hydrogen-bond donors (Lipinski definition) is 1. The second kappa shape index (κ2) is 5.25. The first-order chi connectivity index (χ1) is 9.75. The van der Waals surface area contributed by atoms with Gasteiger partial charge in [-0.1, -0.05) is 24.3 Å². The van der Waals surface area contributed by atoms with Crippen LogP contribution < -0.4 is 10.5 Å². The predicted molar refractivity (Wildman–Crippen MR) is 80.8 cm³/mol. The molecular formula is C16H17N3O. The monoisotopic (exact) mass is 267 g/mol. The average Bonchev–Trinajstić information content (AvgIpc) is 2.87. The third kappa shape index (κ3) is 2.32. The van der Waals surface area contributed by atoms with Crippen molar-refractivity contribution in [3.63, 3.8) is 0 Å². The normalized spacial score (nSPS) is 10.8. The van der Waals surface area contributed by atoms with Gasteiger partial charge in [-0.3, -0.25) is 0 Å². The molecule has 0 fully saturated rings. The van der Waals surface area contributed by atoms with Gasteiger partial charge in [0.2, 0.25) is 0 Å². The fourth-order valence-electron chi connectivity index (χ4n) is 2.31. The number of rotatable bonds is 4. The standard InChI is InChI=1S/C16H17N3O/c1-19-10-9-18-16(19)8-11-20-15-7-6-14(17)12-4-2-3-5-13(12)15/h2-7,9-10H,8,11,17H2,1H3. The lowest BCUT2D eigenvalue weighted by atomic mass is 10.1. The molecule has 0 unspecified atom stereocenters. The first kappa shape index (κ1) is 12.5. The molecule has 1 heterocycles. The van der Waals surface area contributed by atoms with E-state index in [1.807, 2.05) is 54.2 Å². The summed E-state index contributed by atoms with van der Waals surface area (Å²) in [6.07, 6.45) is 4.52. The summed E-state index contributed by atoms with van der Waals surface area (Å²) in [5, 5.41) is 2.08. The van der Waals surface area contributed by atoms with Crippen LogP contribution in [0.25, 0.3) is 10.8 Å². The Morgan fingerprint density at radius 1 is 1.15 bits per heavy atom. The van der Waals surface area contributed by atoms with Crippen molar-refractivity contribution in [2.75, 3.05) is 12.3 Å². The van der Waals surface area contributed by atoms with Gasteiger partial charge in [-0.2, -0.15) is 0 Å². The molecule has 0 saturated carbocycles. The average molecular weight is 267 g/mol. The van der Waals surface area contributed by atoms with Gasteiger partial charge in [0.05, 0.1) is 6.61 Å². The number of aromatic nitrogens is 2. The van der Waals surface area contributed by atoms with Crippen molar-refractivity contribution in [3.8, 4) is 5.75 Å². The van der Waals surface area contributed by atoms with Crippen molar-refractivity contribution in [2.24, 2.45) is 7.05 Å². The van der Waals surface area contributed by atoms with Gasteiger partial charge >= 0.3 is 0 Å². The summed E-state index contributed by atoms with van der Waals surface area (Å²) in [5.41, 5.74) is 6.76. The van der Waals surface area contributed by atoms with Crippen molar-refractivity contribution in [3.05, 3.63) is 54.6 Å². The highest BCUT2D eigenvalue weighted by Crippen LogP contribution is 2.29. The summed E-state index contributed by atoms with van der Waals surface area (Å²) < 4.78 is 7.90. The van der Waals surface area contributed by atoms with Crippen LogP contribution in [0.15, 0.2) is 48.8 Å². The molecule has 0 aliphatic carbocycles. The molecule has 4 heteroatoms. The highest BCUT2D eigenvalue weighted by Gasteiger charge is 2.05. The molecule has 2 aromatic carbocycles. The summed E-state index contributed by atoms with van der Waals surface area (Å²) in [6.45, 7) is 0.596. The summed E-state index contributed by atoms with van der Waals surface area (Å²) in [7, 11) is 1.99. The largest absolute Gasteiger partial charge is 0.492 e. The van der Waals surface area contributed by atoms with E-state index in [1.165, 1.54) is 0 Å². The van der Waals surface area contributed by atoms with E-state index in [-0.39, 0.29) is 0 Å². The highest BCUT2D eigenvalue weighted by molar-refractivity contribution is 5.96. The number of aryl methyl sites for hydroxylation is 1. The third-order valence-corrected chi connectivity index (χ3v) is 3.42. The number of nitrogen functional groups attached to an aromatic ring is 1. The lowest BCUT2D eigenvalue weighted by Crippen LogP contribution is -2.06. The number of anilines is 1. The van der Waals surface area contributed by atoms with E-state index in [0.717, 1.165) is 34.5 Å². The summed E-state index contributed by atoms with van der Waals surface area (Å²) in [6, 6.07) is 11.8. The smallest absolute Gasteiger partial charge is 0.127 e. The zero-order chi connectivity index (χ0) is 13.9. The summed E-state index contributed by atoms with van der Waals surface area (Å²) >= 11 is 0. The van der Waals surface area contributed by atoms with Gasteiger partial charge in [-0.25, -0.2) is 4.98 Å². The molecule has 3 aromatic rings. The van der Waals surface area contributed by atoms with Crippen LogP contribution in [-0.4, -0.2) is 16.2 Å². The third-order valence-electron chi connectivity index (χ3n) is 3.42. The number of benzene rings is 2. The van der Waals surface area contributed by atoms with Gasteiger partial charge in [0.15, 0.2) is 0 Å². The topological polar surface area (TPSA) is 53.1 Å². The molecule has 0 spiro atoms. The fraction of sp³-hybridized carbons (Fsp3) is 0.188. The maximum atomic E-state index is 5.98. The van der Waals surface area contributed by atoms with Crippen LogP contribution in [-0.2, 0) is 13.5 Å². The molecule has 0 radical (unpaired) electrons. The number of hydrogen-bond acceptors (Lipinski definition) is 3. The minimum atomic E-state index is 0.596. The molecule has 0 aliphatic rings. The summed E-state index contributed by atoms with van der Waals surface area (Å²) in [5.74, 6) is 1.88. The molecule has 1 aromatic heterocycles. The van der Waals surface area contributed by atoms with Gasteiger partial charge in [-0.05, 0) is 12.1 Å². The van der Waals surface area contributed by atoms with Crippen molar-refractivity contribution < 1.29 is 4.74 Å². The number of nitrogens with two attached hydrogens (primary N) is 1. The Bertz CT molecular complexity index is 733. The lowest BCUT2D eigenvalue weighted by molar-refractivity contribution is 0.321. The minimum absolute atomic E-state index is 0.596. The molecule has 0 amide bonds. The van der Waals surface area contributed by atoms with Crippen LogP contribution in [0.5, 0.6) is 5.75 Å². The molecule has 0 saturated heterocycles. The van der Waals surface area contributed by atoms with Crippen molar-refractivity contribution in [1.29, 1.82) is 0 Å². The van der Waals surface area contributed by atoms with Gasteiger partial charge in [0, 0.05) is 42.3 Å². The minimum Gasteiger partial charge on any atom is -0.492 e. The fourth-order valence-corrected chi connectivity index (χ4v) is 2.31. The second-order valence-corrected chi connectivity index (χ2v) is 4.75. The Morgan fingerprint density at radius 2 is 1.95 bits per heavy atom. The Labute approximate surface area is 117 Å². The maximum Gasteiger partial charge on any atom is 0.127 e. The second-order valence-electron chi connectivity index (χ2n) is 4.75. The van der Waals surface area contributed by atoms with Crippen LogP contribution in [0.2, 0.25) is 0 Å². The van der Waals surface area contributed by atoms with Crippen LogP contribution in [0.4, 0.5) is 5.69 Å². The van der Waals surface area contributed by atoms with E-state index in [9.17, 15) is 0 Å². The Morgan fingerprint density at radius 3 is 2.70 bits per heavy atom. The van der Waals surface area contributed by atoms with Crippen LogP contribution in [0.1, 0.15) is 5.82 Å². The van der Waals surface area contributed by atoms with E-state index in [1.54, 1.807) is 6.20 Å². The number of ether oxygens (including phenoxy) is 1. The zero-order valence-corrected chi connectivity index (χ0v) is 11.4. The molecule has 20 heavy (non-hydrogen) atoms. The SMILES string of the molecule is Cn1ccnc1CCOc1ccc(N)c2ccccc12. The lowest BCUT2D eigenvalue weighted by Gasteiger charge is -2.10. The molecule has 3 rings (SSSR count). The summed E-state index contributed by atoms with van der Waals surface area (Å²) in [4.78, 5) is 4.29. The molecule has 102 valence electrons. The van der Waals surface area contributed by atoms with Gasteiger partial charge < -0.3 is 15.0 Å². The van der Waals surface area contributed by atoms with Crippen molar-refractivity contribution in [2.45, 2.75) is 6.42 Å². The Balaban J connectivity index is 1.78. The maximum absolute atomic E-state index is 5.98. The van der Waals surface area contributed by atoms with Gasteiger partial charge in [0.25, 0.3) is 0 Å². The zero-order valence-electron chi connectivity index (χ0n) is 11.4.